The van der Waals surface area contributed by atoms with Crippen LogP contribution in [0.2, 0.25) is 5.02 Å². The number of hydrogen-bond acceptors (Lipinski definition) is 4. The molecule has 1 aromatic rings. The number of halogens is 1. The van der Waals surface area contributed by atoms with E-state index in [1.54, 1.807) is 25.2 Å². The van der Waals surface area contributed by atoms with Crippen molar-refractivity contribution < 1.29 is 19.1 Å². The van der Waals surface area contributed by atoms with Gasteiger partial charge in [-0.15, -0.1) is 0 Å². The molecule has 0 atom stereocenters. The molecule has 6 heteroatoms. The normalized spacial score (nSPS) is 9.89. The lowest BCUT2D eigenvalue weighted by molar-refractivity contribution is -0.140. The molecule has 0 fully saturated rings. The number of methoxy groups -OCH3 is 2. The Labute approximate surface area is 117 Å². The Morgan fingerprint density at radius 2 is 2.00 bits per heavy atom. The molecular formula is C13H16ClNO4. The van der Waals surface area contributed by atoms with Gasteiger partial charge in [0.25, 0.3) is 5.91 Å². The first-order chi connectivity index (χ1) is 8.99. The van der Waals surface area contributed by atoms with Gasteiger partial charge >= 0.3 is 5.97 Å². The molecule has 0 saturated carbocycles. The van der Waals surface area contributed by atoms with Gasteiger partial charge in [-0.3, -0.25) is 9.59 Å². The van der Waals surface area contributed by atoms with Crippen molar-refractivity contribution in [1.29, 1.82) is 0 Å². The Balaban J connectivity index is 2.79. The molecule has 1 rings (SSSR count). The fourth-order valence-corrected chi connectivity index (χ4v) is 1.67. The number of ether oxygens (including phenoxy) is 2. The van der Waals surface area contributed by atoms with Crippen molar-refractivity contribution >= 4 is 23.5 Å². The van der Waals surface area contributed by atoms with Gasteiger partial charge in [0.15, 0.2) is 0 Å². The van der Waals surface area contributed by atoms with Crippen molar-refractivity contribution in [2.75, 3.05) is 27.8 Å². The lowest BCUT2D eigenvalue weighted by Crippen LogP contribution is -2.29. The summed E-state index contributed by atoms with van der Waals surface area (Å²) in [5.74, 6) is -0.192. The zero-order valence-electron chi connectivity index (χ0n) is 11.1. The van der Waals surface area contributed by atoms with Gasteiger partial charge < -0.3 is 14.4 Å². The van der Waals surface area contributed by atoms with E-state index in [0.29, 0.717) is 16.3 Å². The van der Waals surface area contributed by atoms with Crippen LogP contribution < -0.4 is 4.74 Å². The Hall–Kier alpha value is -1.75. The second-order valence-corrected chi connectivity index (χ2v) is 4.33. The Morgan fingerprint density at radius 3 is 2.58 bits per heavy atom. The van der Waals surface area contributed by atoms with E-state index in [4.69, 9.17) is 16.3 Å². The zero-order chi connectivity index (χ0) is 14.4. The van der Waals surface area contributed by atoms with Gasteiger partial charge in [0.05, 0.1) is 26.2 Å². The summed E-state index contributed by atoms with van der Waals surface area (Å²) < 4.78 is 9.65. The molecule has 5 nitrogen and oxygen atoms in total. The summed E-state index contributed by atoms with van der Waals surface area (Å²) in [5, 5.41) is 0.491. The molecule has 0 aliphatic carbocycles. The summed E-state index contributed by atoms with van der Waals surface area (Å²) in [7, 11) is 4.39. The molecule has 0 N–H and O–H groups in total. The number of esters is 1. The number of amides is 1. The summed E-state index contributed by atoms with van der Waals surface area (Å²) in [4.78, 5) is 24.7. The third-order valence-corrected chi connectivity index (χ3v) is 2.85. The van der Waals surface area contributed by atoms with E-state index < -0.39 is 0 Å². The number of hydrogen-bond donors (Lipinski definition) is 0. The second kappa shape index (κ2) is 6.99. The average Bonchev–Trinajstić information content (AvgIpc) is 2.43. The van der Waals surface area contributed by atoms with Gasteiger partial charge in [0.1, 0.15) is 5.75 Å². The molecule has 0 radical (unpaired) electrons. The van der Waals surface area contributed by atoms with Gasteiger partial charge in [0, 0.05) is 18.6 Å². The molecule has 0 unspecified atom stereocenters. The van der Waals surface area contributed by atoms with E-state index in [1.807, 2.05) is 0 Å². The van der Waals surface area contributed by atoms with Crippen molar-refractivity contribution in [3.63, 3.8) is 0 Å². The predicted octanol–water partition coefficient (Wildman–Crippen LogP) is 1.98. The van der Waals surface area contributed by atoms with Crippen LogP contribution in [-0.2, 0) is 9.53 Å². The molecule has 19 heavy (non-hydrogen) atoms. The molecule has 104 valence electrons. The lowest BCUT2D eigenvalue weighted by atomic mass is 10.1. The lowest BCUT2D eigenvalue weighted by Gasteiger charge is -2.18. The van der Waals surface area contributed by atoms with Gasteiger partial charge in [-0.2, -0.15) is 0 Å². The standard InChI is InChI=1S/C13H16ClNO4/c1-15(7-6-12(16)19-3)13(17)10-5-4-9(14)8-11(10)18-2/h4-5,8H,6-7H2,1-3H3. The third-order valence-electron chi connectivity index (χ3n) is 2.62. The summed E-state index contributed by atoms with van der Waals surface area (Å²) >= 11 is 5.84. The maximum atomic E-state index is 12.2. The van der Waals surface area contributed by atoms with Crippen LogP contribution in [0.1, 0.15) is 16.8 Å². The monoisotopic (exact) mass is 285 g/mol. The Morgan fingerprint density at radius 1 is 1.32 bits per heavy atom. The van der Waals surface area contributed by atoms with Crippen LogP contribution in [-0.4, -0.2) is 44.6 Å². The molecule has 0 bridgehead atoms. The number of nitrogens with zero attached hydrogens (tertiary/aromatic N) is 1. The number of carbonyl (C=O) groups excluding carboxylic acids is 2. The molecule has 0 heterocycles. The average molecular weight is 286 g/mol. The van der Waals surface area contributed by atoms with Gasteiger partial charge in [-0.25, -0.2) is 0 Å². The van der Waals surface area contributed by atoms with E-state index in [2.05, 4.69) is 4.74 Å². The van der Waals surface area contributed by atoms with Crippen LogP contribution in [0.15, 0.2) is 18.2 Å². The minimum absolute atomic E-state index is 0.147. The minimum Gasteiger partial charge on any atom is -0.496 e. The van der Waals surface area contributed by atoms with Crippen molar-refractivity contribution in [3.05, 3.63) is 28.8 Å². The number of carbonyl (C=O) groups is 2. The van der Waals surface area contributed by atoms with Gasteiger partial charge in [-0.1, -0.05) is 11.6 Å². The fraction of sp³-hybridized carbons (Fsp3) is 0.385. The number of benzene rings is 1. The highest BCUT2D eigenvalue weighted by Gasteiger charge is 2.17. The van der Waals surface area contributed by atoms with E-state index >= 15 is 0 Å². The highest BCUT2D eigenvalue weighted by molar-refractivity contribution is 6.30. The van der Waals surface area contributed by atoms with Crippen molar-refractivity contribution in [2.24, 2.45) is 0 Å². The van der Waals surface area contributed by atoms with E-state index in [1.165, 1.54) is 19.1 Å². The van der Waals surface area contributed by atoms with E-state index in [0.717, 1.165) is 0 Å². The van der Waals surface area contributed by atoms with E-state index in [-0.39, 0.29) is 24.8 Å². The van der Waals surface area contributed by atoms with Crippen molar-refractivity contribution in [2.45, 2.75) is 6.42 Å². The smallest absolute Gasteiger partial charge is 0.307 e. The molecule has 0 aliphatic heterocycles. The summed E-state index contributed by atoms with van der Waals surface area (Å²) in [6.45, 7) is 0.275. The largest absolute Gasteiger partial charge is 0.496 e. The van der Waals surface area contributed by atoms with Crippen LogP contribution in [0.4, 0.5) is 0 Å². The van der Waals surface area contributed by atoms with Crippen LogP contribution in [0.5, 0.6) is 5.75 Å². The zero-order valence-corrected chi connectivity index (χ0v) is 11.9. The third kappa shape index (κ3) is 4.13. The summed E-state index contributed by atoms with van der Waals surface area (Å²) in [6, 6.07) is 4.78. The quantitative estimate of drug-likeness (QED) is 0.776. The minimum atomic E-state index is -0.359. The number of rotatable bonds is 5. The topological polar surface area (TPSA) is 55.8 Å². The molecule has 0 spiro atoms. The SMILES string of the molecule is COC(=O)CCN(C)C(=O)c1ccc(Cl)cc1OC. The maximum Gasteiger partial charge on any atom is 0.307 e. The van der Waals surface area contributed by atoms with Crippen molar-refractivity contribution in [1.82, 2.24) is 4.90 Å². The Bertz CT molecular complexity index is 476. The molecule has 1 aromatic carbocycles. The molecule has 0 aromatic heterocycles. The van der Waals surface area contributed by atoms with Crippen molar-refractivity contribution in [3.8, 4) is 5.75 Å². The van der Waals surface area contributed by atoms with Crippen LogP contribution >= 0.6 is 11.6 Å². The van der Waals surface area contributed by atoms with Crippen LogP contribution in [0.3, 0.4) is 0 Å². The van der Waals surface area contributed by atoms with Crippen LogP contribution in [0, 0.1) is 0 Å². The molecule has 0 aliphatic rings. The second-order valence-electron chi connectivity index (χ2n) is 3.90. The van der Waals surface area contributed by atoms with Crippen LogP contribution in [0.25, 0.3) is 0 Å². The predicted molar refractivity (Wildman–Crippen MR) is 71.6 cm³/mol. The Kier molecular flexibility index (Phi) is 5.63. The summed E-state index contributed by atoms with van der Waals surface area (Å²) in [6.07, 6.45) is 0.147. The molecular weight excluding hydrogens is 270 g/mol. The highest BCUT2D eigenvalue weighted by atomic mass is 35.5. The molecule has 0 saturated heterocycles. The first-order valence-electron chi connectivity index (χ1n) is 5.65. The molecule has 1 amide bonds. The first-order valence-corrected chi connectivity index (χ1v) is 6.03. The fourth-order valence-electron chi connectivity index (χ4n) is 1.51. The van der Waals surface area contributed by atoms with Gasteiger partial charge in [0.2, 0.25) is 0 Å². The first kappa shape index (κ1) is 15.3. The maximum absolute atomic E-state index is 12.2. The summed E-state index contributed by atoms with van der Waals surface area (Å²) in [5.41, 5.74) is 0.402. The van der Waals surface area contributed by atoms with Gasteiger partial charge in [-0.05, 0) is 18.2 Å². The highest BCUT2D eigenvalue weighted by Crippen LogP contribution is 2.24. The van der Waals surface area contributed by atoms with E-state index in [9.17, 15) is 9.59 Å².